The maximum Gasteiger partial charge on any atom is 0.423 e. The molecule has 6 unspecified atom stereocenters. The van der Waals surface area contributed by atoms with Gasteiger partial charge in [0, 0.05) is 5.92 Å². The van der Waals surface area contributed by atoms with Gasteiger partial charge in [-0.2, -0.15) is 4.90 Å². The summed E-state index contributed by atoms with van der Waals surface area (Å²) in [5.74, 6) is -5.44. The number of phenolic OH excluding ortho intramolecular Hbond substituents is 1. The third-order valence-electron chi connectivity index (χ3n) is 9.70. The van der Waals surface area contributed by atoms with Crippen molar-refractivity contribution in [3.63, 3.8) is 0 Å². The number of benzene rings is 2. The monoisotopic (exact) mass is 600 g/mol. The Balaban J connectivity index is 1.48. The van der Waals surface area contributed by atoms with Crippen LogP contribution in [-0.4, -0.2) is 61.1 Å². The van der Waals surface area contributed by atoms with Gasteiger partial charge in [-0.3, -0.25) is 19.2 Å². The smallest absolute Gasteiger partial charge is 0.423 e. The number of phenols is 1. The van der Waals surface area contributed by atoms with Crippen LogP contribution in [0.3, 0.4) is 0 Å². The van der Waals surface area contributed by atoms with Crippen LogP contribution in [0.25, 0.3) is 6.08 Å². The molecule has 3 fully saturated rings. The van der Waals surface area contributed by atoms with Crippen LogP contribution in [0.4, 0.5) is 10.5 Å². The largest absolute Gasteiger partial charge is 0.502 e. The van der Waals surface area contributed by atoms with Gasteiger partial charge in [0.25, 0.3) is 0 Å². The van der Waals surface area contributed by atoms with Gasteiger partial charge in [-0.05, 0) is 55.5 Å². The summed E-state index contributed by atoms with van der Waals surface area (Å²) in [6.45, 7) is 1.78. The molecule has 2 heterocycles. The third-order valence-corrected chi connectivity index (χ3v) is 9.70. The maximum absolute atomic E-state index is 14.3. The molecule has 11 heteroatoms. The van der Waals surface area contributed by atoms with E-state index in [0.717, 1.165) is 12.7 Å². The number of para-hydroxylation sites is 1. The highest BCUT2D eigenvalue weighted by Gasteiger charge is 2.67. The number of amides is 5. The van der Waals surface area contributed by atoms with Crippen LogP contribution >= 0.6 is 0 Å². The molecule has 2 aliphatic heterocycles. The fraction of sp³-hybridized carbons (Fsp3) is 0.364. The van der Waals surface area contributed by atoms with E-state index in [1.54, 1.807) is 55.5 Å². The lowest BCUT2D eigenvalue weighted by Crippen LogP contribution is -2.49. The summed E-state index contributed by atoms with van der Waals surface area (Å²) in [6.07, 6.45) is 4.80. The van der Waals surface area contributed by atoms with Crippen molar-refractivity contribution in [1.82, 2.24) is 4.90 Å². The van der Waals surface area contributed by atoms with Crippen LogP contribution in [0.15, 0.2) is 60.2 Å². The summed E-state index contributed by atoms with van der Waals surface area (Å²) in [7, 11) is 3.94. The van der Waals surface area contributed by atoms with Crippen LogP contribution in [0.1, 0.15) is 25.3 Å². The van der Waals surface area contributed by atoms with E-state index < -0.39 is 52.9 Å². The molecule has 44 heavy (non-hydrogen) atoms. The molecule has 0 aromatic heterocycles. The maximum atomic E-state index is 14.3. The first kappa shape index (κ1) is 29.2. The minimum absolute atomic E-state index is 0.160. The highest BCUT2D eigenvalue weighted by Crippen LogP contribution is 2.61. The molecule has 0 bridgehead atoms. The van der Waals surface area contributed by atoms with Crippen molar-refractivity contribution < 1.29 is 43.3 Å². The molecule has 1 N–H and O–H groups in total. The van der Waals surface area contributed by atoms with E-state index in [2.05, 4.69) is 0 Å². The van der Waals surface area contributed by atoms with E-state index in [-0.39, 0.29) is 41.9 Å². The Morgan fingerprint density at radius 2 is 1.61 bits per heavy atom. The lowest BCUT2D eigenvalue weighted by molar-refractivity contribution is -0.138. The van der Waals surface area contributed by atoms with Gasteiger partial charge in [0.05, 0.1) is 50.2 Å². The number of methoxy groups -OCH3 is 3. The fourth-order valence-corrected chi connectivity index (χ4v) is 7.53. The molecule has 2 aliphatic carbocycles. The quantitative estimate of drug-likeness (QED) is 0.399. The molecule has 6 atom stereocenters. The summed E-state index contributed by atoms with van der Waals surface area (Å²) < 4.78 is 15.3. The number of rotatable bonds is 5. The Morgan fingerprint density at radius 3 is 2.23 bits per heavy atom. The van der Waals surface area contributed by atoms with Crippen LogP contribution in [-0.2, 0) is 23.9 Å². The summed E-state index contributed by atoms with van der Waals surface area (Å²) in [5.41, 5.74) is 0.612. The zero-order valence-electron chi connectivity index (χ0n) is 24.7. The normalized spacial score (nSPS) is 29.4. The lowest BCUT2D eigenvalue weighted by Gasteiger charge is -2.47. The van der Waals surface area contributed by atoms with Crippen molar-refractivity contribution in [3.8, 4) is 17.2 Å². The Morgan fingerprint density at radius 1 is 0.955 bits per heavy atom. The number of aromatic hydroxyl groups is 1. The van der Waals surface area contributed by atoms with Crippen LogP contribution in [0, 0.1) is 35.0 Å². The van der Waals surface area contributed by atoms with Crippen molar-refractivity contribution in [2.75, 3.05) is 26.2 Å². The SMILES string of the molecule is COC(=O)N1C(=O)C2CC=C3C(CC4C(=O)N(c5ccccc5)C(=O)C4(C)C3C=Cc3cc(OC)c(O)c(OC)c3)C2C1=O. The second-order valence-corrected chi connectivity index (χ2v) is 11.7. The Kier molecular flexibility index (Phi) is 7.06. The van der Waals surface area contributed by atoms with Crippen LogP contribution < -0.4 is 14.4 Å². The molecule has 228 valence electrons. The van der Waals surface area contributed by atoms with Gasteiger partial charge in [0.15, 0.2) is 11.5 Å². The molecular formula is C33H32N2O9. The number of hydrogen-bond acceptors (Lipinski definition) is 9. The second kappa shape index (κ2) is 10.7. The number of carbonyl (C=O) groups is 5. The number of ether oxygens (including phenoxy) is 3. The van der Waals surface area contributed by atoms with Crippen molar-refractivity contribution in [2.45, 2.75) is 19.8 Å². The van der Waals surface area contributed by atoms with E-state index in [1.807, 2.05) is 12.2 Å². The molecule has 4 aliphatic rings. The van der Waals surface area contributed by atoms with Gasteiger partial charge in [-0.25, -0.2) is 9.69 Å². The molecule has 0 radical (unpaired) electrons. The van der Waals surface area contributed by atoms with Crippen LogP contribution in [0.2, 0.25) is 0 Å². The molecule has 0 spiro atoms. The lowest BCUT2D eigenvalue weighted by atomic mass is 9.52. The first-order chi connectivity index (χ1) is 21.1. The molecule has 2 aromatic carbocycles. The van der Waals surface area contributed by atoms with Gasteiger partial charge in [0.2, 0.25) is 29.4 Å². The van der Waals surface area contributed by atoms with Crippen molar-refractivity contribution >= 4 is 41.5 Å². The van der Waals surface area contributed by atoms with Gasteiger partial charge in [-0.15, -0.1) is 0 Å². The Hall–Kier alpha value is -4.93. The first-order valence-electron chi connectivity index (χ1n) is 14.3. The van der Waals surface area contributed by atoms with Gasteiger partial charge >= 0.3 is 6.09 Å². The molecule has 6 rings (SSSR count). The standard InChI is InChI=1S/C33H32N2O9/c1-33-22(13-10-17-14-24(42-2)27(36)25(15-17)43-3)19-11-12-20-26(30(39)35(28(20)37)32(41)44-4)21(19)16-23(33)29(38)34(31(33)40)18-8-6-5-7-9-18/h5-11,13-15,20-23,26,36H,12,16H2,1-4H3. The van der Waals surface area contributed by atoms with Gasteiger partial charge in [-0.1, -0.05) is 42.0 Å². The van der Waals surface area contributed by atoms with E-state index in [4.69, 9.17) is 14.2 Å². The Labute approximate surface area is 253 Å². The predicted octanol–water partition coefficient (Wildman–Crippen LogP) is 3.95. The van der Waals surface area contributed by atoms with Crippen LogP contribution in [0.5, 0.6) is 17.2 Å². The minimum Gasteiger partial charge on any atom is -0.502 e. The van der Waals surface area contributed by atoms with E-state index in [1.165, 1.54) is 19.1 Å². The number of imide groups is 4. The number of nitrogens with zero attached hydrogens (tertiary/aromatic N) is 2. The summed E-state index contributed by atoms with van der Waals surface area (Å²) in [6, 6.07) is 11.9. The summed E-state index contributed by atoms with van der Waals surface area (Å²) in [5, 5.41) is 10.4. The number of allylic oxidation sites excluding steroid dienone is 3. The Bertz CT molecular complexity index is 1620. The number of hydrogen-bond donors (Lipinski definition) is 1. The predicted molar refractivity (Wildman–Crippen MR) is 156 cm³/mol. The van der Waals surface area contributed by atoms with Crippen molar-refractivity contribution in [3.05, 3.63) is 65.8 Å². The molecule has 5 amide bonds. The minimum atomic E-state index is -1.21. The highest BCUT2D eigenvalue weighted by atomic mass is 16.5. The molecule has 2 saturated heterocycles. The molecule has 1 saturated carbocycles. The number of anilines is 1. The molecule has 2 aromatic rings. The zero-order chi connectivity index (χ0) is 31.5. The van der Waals surface area contributed by atoms with Crippen molar-refractivity contribution in [2.24, 2.45) is 35.0 Å². The fourth-order valence-electron chi connectivity index (χ4n) is 7.53. The zero-order valence-corrected chi connectivity index (χ0v) is 24.7. The van der Waals surface area contributed by atoms with E-state index in [0.29, 0.717) is 16.2 Å². The molecular weight excluding hydrogens is 568 g/mol. The molecule has 11 nitrogen and oxygen atoms in total. The van der Waals surface area contributed by atoms with E-state index in [9.17, 15) is 29.1 Å². The number of carbonyl (C=O) groups excluding carboxylic acids is 5. The van der Waals surface area contributed by atoms with Gasteiger partial charge < -0.3 is 19.3 Å². The topological polar surface area (TPSA) is 140 Å². The number of likely N-dealkylation sites (tertiary alicyclic amines) is 1. The summed E-state index contributed by atoms with van der Waals surface area (Å²) in [4.78, 5) is 69.4. The second-order valence-electron chi connectivity index (χ2n) is 11.7. The van der Waals surface area contributed by atoms with Crippen molar-refractivity contribution in [1.29, 1.82) is 0 Å². The summed E-state index contributed by atoms with van der Waals surface area (Å²) >= 11 is 0. The first-order valence-corrected chi connectivity index (χ1v) is 14.3. The number of fused-ring (bicyclic) bond motifs is 4. The van der Waals surface area contributed by atoms with E-state index >= 15 is 0 Å². The average Bonchev–Trinajstić information content (AvgIpc) is 3.40. The highest BCUT2D eigenvalue weighted by molar-refractivity contribution is 6.24. The van der Waals surface area contributed by atoms with Gasteiger partial charge in [0.1, 0.15) is 0 Å². The third kappa shape index (κ3) is 4.05. The average molecular weight is 601 g/mol.